The van der Waals surface area contributed by atoms with Crippen molar-refractivity contribution in [2.45, 2.75) is 38.5 Å². The predicted octanol–water partition coefficient (Wildman–Crippen LogP) is 3.67. The van der Waals surface area contributed by atoms with Gasteiger partial charge >= 0.3 is 5.97 Å². The molecule has 0 bridgehead atoms. The first-order valence-electron chi connectivity index (χ1n) is 10.4. The van der Waals surface area contributed by atoms with E-state index in [1.54, 1.807) is 56.3 Å². The minimum atomic E-state index is -0.981. The van der Waals surface area contributed by atoms with Crippen LogP contribution in [0.4, 0.5) is 5.69 Å². The summed E-state index contributed by atoms with van der Waals surface area (Å²) in [7, 11) is 0. The minimum absolute atomic E-state index is 0.324. The molecule has 0 N–H and O–H groups in total. The first kappa shape index (κ1) is 20.9. The van der Waals surface area contributed by atoms with Gasteiger partial charge in [0.15, 0.2) is 6.04 Å². The molecule has 32 heavy (non-hydrogen) atoms. The van der Waals surface area contributed by atoms with Gasteiger partial charge in [-0.15, -0.1) is 0 Å². The van der Waals surface area contributed by atoms with Crippen molar-refractivity contribution in [2.75, 3.05) is 4.90 Å². The standard InChI is InChI=1S/C24H22BrN3O4/c1-24(2,3)32-23(31)20-18-17(19-16-7-5-4-6-13(16)12-26-28(19)20)21(29)27(22(18)30)15-10-8-14(25)9-11-15/h4-12,17-20H,1-3H3. The molecule has 2 aromatic rings. The number of carbonyl (C=O) groups is 3. The Kier molecular flexibility index (Phi) is 4.74. The normalized spacial score (nSPS) is 26.1. The highest BCUT2D eigenvalue weighted by Gasteiger charge is 2.66. The summed E-state index contributed by atoms with van der Waals surface area (Å²) >= 11 is 3.38. The molecule has 4 unspecified atom stereocenters. The van der Waals surface area contributed by atoms with Gasteiger partial charge in [0.25, 0.3) is 0 Å². The Morgan fingerprint density at radius 3 is 2.34 bits per heavy atom. The number of hydrogen-bond donors (Lipinski definition) is 0. The first-order chi connectivity index (χ1) is 15.2. The average molecular weight is 496 g/mol. The topological polar surface area (TPSA) is 79.3 Å². The predicted molar refractivity (Wildman–Crippen MR) is 122 cm³/mol. The molecule has 0 aromatic heterocycles. The van der Waals surface area contributed by atoms with Crippen molar-refractivity contribution in [2.24, 2.45) is 16.9 Å². The van der Waals surface area contributed by atoms with Crippen LogP contribution < -0.4 is 4.90 Å². The number of rotatable bonds is 2. The maximum atomic E-state index is 13.7. The number of esters is 1. The molecule has 2 fully saturated rings. The van der Waals surface area contributed by atoms with Crippen molar-refractivity contribution >= 4 is 45.6 Å². The number of halogens is 1. The van der Waals surface area contributed by atoms with Crippen LogP contribution in [0.1, 0.15) is 37.9 Å². The van der Waals surface area contributed by atoms with E-state index in [0.717, 1.165) is 15.6 Å². The van der Waals surface area contributed by atoms with Gasteiger partial charge in [-0.2, -0.15) is 5.10 Å². The highest BCUT2D eigenvalue weighted by Crippen LogP contribution is 2.52. The van der Waals surface area contributed by atoms with Crippen LogP contribution in [0.2, 0.25) is 0 Å². The van der Waals surface area contributed by atoms with E-state index in [0.29, 0.717) is 5.69 Å². The van der Waals surface area contributed by atoms with Crippen LogP contribution in [0, 0.1) is 11.8 Å². The van der Waals surface area contributed by atoms with Gasteiger partial charge in [0.05, 0.1) is 29.8 Å². The first-order valence-corrected chi connectivity index (χ1v) is 11.2. The summed E-state index contributed by atoms with van der Waals surface area (Å²) in [6, 6.07) is 13.1. The molecule has 0 saturated carbocycles. The van der Waals surface area contributed by atoms with Crippen LogP contribution in [-0.4, -0.2) is 40.7 Å². The Morgan fingerprint density at radius 1 is 1.00 bits per heavy atom. The maximum absolute atomic E-state index is 13.7. The fourth-order valence-corrected chi connectivity index (χ4v) is 5.11. The molecule has 4 atom stereocenters. The van der Waals surface area contributed by atoms with Gasteiger partial charge in [-0.25, -0.2) is 9.69 Å². The molecular weight excluding hydrogens is 474 g/mol. The summed E-state index contributed by atoms with van der Waals surface area (Å²) in [5.74, 6) is -2.89. The highest BCUT2D eigenvalue weighted by atomic mass is 79.9. The van der Waals surface area contributed by atoms with E-state index in [9.17, 15) is 14.4 Å². The third kappa shape index (κ3) is 3.16. The number of fused-ring (bicyclic) bond motifs is 5. The van der Waals surface area contributed by atoms with Crippen LogP contribution in [0.3, 0.4) is 0 Å². The van der Waals surface area contributed by atoms with Gasteiger partial charge in [-0.05, 0) is 56.2 Å². The van der Waals surface area contributed by atoms with Gasteiger partial charge in [0.2, 0.25) is 11.8 Å². The molecule has 164 valence electrons. The minimum Gasteiger partial charge on any atom is -0.458 e. The average Bonchev–Trinajstić information content (AvgIpc) is 3.21. The van der Waals surface area contributed by atoms with E-state index in [1.807, 2.05) is 24.3 Å². The lowest BCUT2D eigenvalue weighted by Crippen LogP contribution is -2.46. The van der Waals surface area contributed by atoms with Crippen molar-refractivity contribution in [1.82, 2.24) is 5.01 Å². The second kappa shape index (κ2) is 7.27. The van der Waals surface area contributed by atoms with Crippen LogP contribution in [0.5, 0.6) is 0 Å². The van der Waals surface area contributed by atoms with Gasteiger partial charge in [-0.3, -0.25) is 14.6 Å². The van der Waals surface area contributed by atoms with Crippen LogP contribution in [0.15, 0.2) is 58.1 Å². The fraction of sp³-hybridized carbons (Fsp3) is 0.333. The van der Waals surface area contributed by atoms with Gasteiger partial charge in [0, 0.05) is 4.47 Å². The third-order valence-corrected chi connectivity index (χ3v) is 6.55. The number of carbonyl (C=O) groups excluding carboxylic acids is 3. The zero-order valence-corrected chi connectivity index (χ0v) is 19.4. The number of hydrazone groups is 1. The quantitative estimate of drug-likeness (QED) is 0.469. The molecule has 3 aliphatic rings. The molecule has 3 heterocycles. The fourth-order valence-electron chi connectivity index (χ4n) is 4.85. The monoisotopic (exact) mass is 495 g/mol. The van der Waals surface area contributed by atoms with Crippen LogP contribution in [-0.2, 0) is 19.1 Å². The molecule has 0 aliphatic carbocycles. The van der Waals surface area contributed by atoms with Gasteiger partial charge < -0.3 is 4.74 Å². The summed E-state index contributed by atoms with van der Waals surface area (Å²) in [4.78, 5) is 41.8. The van der Waals surface area contributed by atoms with E-state index in [4.69, 9.17) is 4.74 Å². The second-order valence-corrected chi connectivity index (χ2v) is 10.1. The Balaban J connectivity index is 1.62. The second-order valence-electron chi connectivity index (χ2n) is 9.22. The number of imide groups is 1. The SMILES string of the molecule is CC(C)(C)OC(=O)C1C2C(=O)N(c3ccc(Br)cc3)C(=O)C2C2c3ccccc3C=NN12. The van der Waals surface area contributed by atoms with Crippen molar-refractivity contribution in [3.8, 4) is 0 Å². The highest BCUT2D eigenvalue weighted by molar-refractivity contribution is 9.10. The molecule has 0 spiro atoms. The van der Waals surface area contributed by atoms with Crippen LogP contribution in [0.25, 0.3) is 0 Å². The lowest BCUT2D eigenvalue weighted by Gasteiger charge is -2.34. The Labute approximate surface area is 194 Å². The number of hydrogen-bond acceptors (Lipinski definition) is 6. The third-order valence-electron chi connectivity index (χ3n) is 6.03. The summed E-state index contributed by atoms with van der Waals surface area (Å²) in [5.41, 5.74) is 1.50. The number of anilines is 1. The van der Waals surface area contributed by atoms with E-state index in [2.05, 4.69) is 21.0 Å². The summed E-state index contributed by atoms with van der Waals surface area (Å²) in [6.45, 7) is 5.33. The van der Waals surface area contributed by atoms with Crippen molar-refractivity contribution < 1.29 is 19.1 Å². The van der Waals surface area contributed by atoms with Gasteiger partial charge in [-0.1, -0.05) is 40.2 Å². The number of benzene rings is 2. The molecule has 2 amide bonds. The van der Waals surface area contributed by atoms with Crippen molar-refractivity contribution in [1.29, 1.82) is 0 Å². The molecule has 8 heteroatoms. The summed E-state index contributed by atoms with van der Waals surface area (Å²) in [6.07, 6.45) is 1.67. The van der Waals surface area contributed by atoms with E-state index < -0.39 is 41.4 Å². The van der Waals surface area contributed by atoms with E-state index >= 15 is 0 Å². The summed E-state index contributed by atoms with van der Waals surface area (Å²) in [5, 5.41) is 6.10. The molecular formula is C24H22BrN3O4. The smallest absolute Gasteiger partial charge is 0.331 e. The molecule has 2 aromatic carbocycles. The lowest BCUT2D eigenvalue weighted by atomic mass is 9.85. The zero-order chi connectivity index (χ0) is 22.8. The van der Waals surface area contributed by atoms with Crippen molar-refractivity contribution in [3.05, 3.63) is 64.1 Å². The summed E-state index contributed by atoms with van der Waals surface area (Å²) < 4.78 is 6.51. The number of nitrogens with zero attached hydrogens (tertiary/aromatic N) is 3. The molecule has 5 rings (SSSR count). The molecule has 0 radical (unpaired) electrons. The maximum Gasteiger partial charge on any atom is 0.331 e. The molecule has 7 nitrogen and oxygen atoms in total. The molecule has 3 aliphatic heterocycles. The largest absolute Gasteiger partial charge is 0.458 e. The van der Waals surface area contributed by atoms with Gasteiger partial charge in [0.1, 0.15) is 5.60 Å². The van der Waals surface area contributed by atoms with E-state index in [-0.39, 0.29) is 5.91 Å². The molecule has 2 saturated heterocycles. The Morgan fingerprint density at radius 2 is 1.66 bits per heavy atom. The zero-order valence-electron chi connectivity index (χ0n) is 17.9. The number of amides is 2. The lowest BCUT2D eigenvalue weighted by molar-refractivity contribution is -0.163. The van der Waals surface area contributed by atoms with Crippen molar-refractivity contribution in [3.63, 3.8) is 0 Å². The Bertz CT molecular complexity index is 1150. The van der Waals surface area contributed by atoms with Crippen LogP contribution >= 0.6 is 15.9 Å². The number of ether oxygens (including phenoxy) is 1. The van der Waals surface area contributed by atoms with E-state index in [1.165, 1.54) is 4.90 Å². The Hall–Kier alpha value is -3.00.